The largest absolute Gasteiger partial charge is 0.317 e. The molecule has 0 aromatic heterocycles. The monoisotopic (exact) mass is 217 g/mol. The van der Waals surface area contributed by atoms with Crippen LogP contribution < -0.4 is 5.32 Å². The van der Waals surface area contributed by atoms with E-state index in [9.17, 15) is 4.39 Å². The highest BCUT2D eigenvalue weighted by molar-refractivity contribution is 5.85. The molecule has 0 aliphatic heterocycles. The maximum atomic E-state index is 13.0. The second-order valence-electron chi connectivity index (χ2n) is 3.18. The van der Waals surface area contributed by atoms with Crippen LogP contribution in [-0.2, 0) is 6.42 Å². The van der Waals surface area contributed by atoms with Crippen molar-refractivity contribution in [2.24, 2.45) is 0 Å². The number of hydrogen-bond donors (Lipinski definition) is 1. The minimum Gasteiger partial charge on any atom is -0.317 e. The molecule has 0 aliphatic rings. The van der Waals surface area contributed by atoms with Gasteiger partial charge in [0.15, 0.2) is 0 Å². The van der Waals surface area contributed by atoms with E-state index in [0.29, 0.717) is 13.0 Å². The molecule has 3 heteroatoms. The molecular weight excluding hydrogens is 201 g/mol. The average Bonchev–Trinajstić information content (AvgIpc) is 2.17. The second kappa shape index (κ2) is 7.77. The molecule has 14 heavy (non-hydrogen) atoms. The minimum absolute atomic E-state index is 0. The summed E-state index contributed by atoms with van der Waals surface area (Å²) < 4.78 is 13.0. The SMILES string of the molecule is CNCC(F)CCc1ccccc1.Cl. The molecule has 1 N–H and O–H groups in total. The number of benzene rings is 1. The third kappa shape index (κ3) is 5.20. The third-order valence-electron chi connectivity index (χ3n) is 2.01. The fourth-order valence-electron chi connectivity index (χ4n) is 1.29. The Bertz CT molecular complexity index is 228. The van der Waals surface area contributed by atoms with Gasteiger partial charge in [-0.15, -0.1) is 12.4 Å². The topological polar surface area (TPSA) is 12.0 Å². The Labute approximate surface area is 91.1 Å². The van der Waals surface area contributed by atoms with Gasteiger partial charge in [-0.25, -0.2) is 4.39 Å². The first kappa shape index (κ1) is 13.4. The standard InChI is InChI=1S/C11H16FN.ClH/c1-13-9-11(12)8-7-10-5-3-2-4-6-10;/h2-6,11,13H,7-9H2,1H3;1H. The van der Waals surface area contributed by atoms with Crippen molar-refractivity contribution in [3.05, 3.63) is 35.9 Å². The van der Waals surface area contributed by atoms with Gasteiger partial charge in [0.05, 0.1) is 0 Å². The molecule has 1 atom stereocenters. The van der Waals surface area contributed by atoms with E-state index in [0.717, 1.165) is 6.42 Å². The van der Waals surface area contributed by atoms with E-state index in [1.54, 1.807) is 7.05 Å². The molecule has 0 amide bonds. The lowest BCUT2D eigenvalue weighted by Crippen LogP contribution is -2.20. The molecule has 80 valence electrons. The van der Waals surface area contributed by atoms with Crippen LogP contribution in [0.2, 0.25) is 0 Å². The zero-order valence-electron chi connectivity index (χ0n) is 8.37. The summed E-state index contributed by atoms with van der Waals surface area (Å²) in [7, 11) is 1.77. The van der Waals surface area contributed by atoms with E-state index in [-0.39, 0.29) is 12.4 Å². The molecule has 0 bridgehead atoms. The molecule has 0 radical (unpaired) electrons. The lowest BCUT2D eigenvalue weighted by molar-refractivity contribution is 0.308. The minimum atomic E-state index is -0.731. The molecule has 1 aromatic carbocycles. The number of halogens is 2. The van der Waals surface area contributed by atoms with Gasteiger partial charge in [0.2, 0.25) is 0 Å². The lowest BCUT2D eigenvalue weighted by Gasteiger charge is -2.06. The Morgan fingerprint density at radius 1 is 1.29 bits per heavy atom. The molecule has 1 aromatic rings. The van der Waals surface area contributed by atoms with Crippen LogP contribution >= 0.6 is 12.4 Å². The summed E-state index contributed by atoms with van der Waals surface area (Å²) >= 11 is 0. The lowest BCUT2D eigenvalue weighted by atomic mass is 10.1. The molecule has 0 saturated carbocycles. The predicted molar refractivity (Wildman–Crippen MR) is 60.8 cm³/mol. The van der Waals surface area contributed by atoms with Gasteiger partial charge in [-0.2, -0.15) is 0 Å². The zero-order valence-corrected chi connectivity index (χ0v) is 9.19. The summed E-state index contributed by atoms with van der Waals surface area (Å²) in [5.74, 6) is 0. The Morgan fingerprint density at radius 3 is 2.50 bits per heavy atom. The Morgan fingerprint density at radius 2 is 1.93 bits per heavy atom. The van der Waals surface area contributed by atoms with Crippen LogP contribution in [0.1, 0.15) is 12.0 Å². The first-order valence-electron chi connectivity index (χ1n) is 4.65. The third-order valence-corrected chi connectivity index (χ3v) is 2.01. The van der Waals surface area contributed by atoms with Crippen molar-refractivity contribution >= 4 is 12.4 Å². The van der Waals surface area contributed by atoms with E-state index >= 15 is 0 Å². The van der Waals surface area contributed by atoms with Gasteiger partial charge in [-0.05, 0) is 25.5 Å². The van der Waals surface area contributed by atoms with Crippen molar-refractivity contribution in [1.82, 2.24) is 5.32 Å². The fourth-order valence-corrected chi connectivity index (χ4v) is 1.29. The summed E-state index contributed by atoms with van der Waals surface area (Å²) in [6, 6.07) is 10.0. The molecule has 0 heterocycles. The van der Waals surface area contributed by atoms with E-state index < -0.39 is 6.17 Å². The molecule has 1 rings (SSSR count). The van der Waals surface area contributed by atoms with Crippen molar-refractivity contribution in [3.63, 3.8) is 0 Å². The van der Waals surface area contributed by atoms with E-state index in [2.05, 4.69) is 5.32 Å². The number of alkyl halides is 1. The molecular formula is C11H17ClFN. The van der Waals surface area contributed by atoms with Gasteiger partial charge in [0.25, 0.3) is 0 Å². The molecule has 0 spiro atoms. The van der Waals surface area contributed by atoms with Crippen molar-refractivity contribution in [2.45, 2.75) is 19.0 Å². The van der Waals surface area contributed by atoms with Gasteiger partial charge in [-0.3, -0.25) is 0 Å². The first-order chi connectivity index (χ1) is 6.33. The van der Waals surface area contributed by atoms with E-state index in [4.69, 9.17) is 0 Å². The maximum Gasteiger partial charge on any atom is 0.113 e. The first-order valence-corrected chi connectivity index (χ1v) is 4.65. The Hall–Kier alpha value is -0.600. The summed E-state index contributed by atoms with van der Waals surface area (Å²) in [5.41, 5.74) is 1.21. The van der Waals surface area contributed by atoms with Gasteiger partial charge in [0.1, 0.15) is 6.17 Å². The van der Waals surface area contributed by atoms with Crippen LogP contribution in [0.25, 0.3) is 0 Å². The Balaban J connectivity index is 0.00000169. The molecule has 0 fully saturated rings. The second-order valence-corrected chi connectivity index (χ2v) is 3.18. The van der Waals surface area contributed by atoms with Crippen molar-refractivity contribution in [3.8, 4) is 0 Å². The van der Waals surface area contributed by atoms with E-state index in [1.165, 1.54) is 5.56 Å². The fraction of sp³-hybridized carbons (Fsp3) is 0.455. The normalized spacial score (nSPS) is 11.9. The number of rotatable bonds is 5. The van der Waals surface area contributed by atoms with Crippen LogP contribution in [0.5, 0.6) is 0 Å². The van der Waals surface area contributed by atoms with Crippen molar-refractivity contribution in [1.29, 1.82) is 0 Å². The summed E-state index contributed by atoms with van der Waals surface area (Å²) in [6.45, 7) is 0.451. The van der Waals surface area contributed by atoms with Crippen LogP contribution in [0.15, 0.2) is 30.3 Å². The summed E-state index contributed by atoms with van der Waals surface area (Å²) in [4.78, 5) is 0. The molecule has 1 unspecified atom stereocenters. The maximum absolute atomic E-state index is 13.0. The van der Waals surface area contributed by atoms with Crippen LogP contribution in [0, 0.1) is 0 Å². The number of aryl methyl sites for hydroxylation is 1. The molecule has 0 saturated heterocycles. The van der Waals surface area contributed by atoms with Crippen LogP contribution in [0.3, 0.4) is 0 Å². The van der Waals surface area contributed by atoms with E-state index in [1.807, 2.05) is 30.3 Å². The highest BCUT2D eigenvalue weighted by Gasteiger charge is 2.04. The number of nitrogens with one attached hydrogen (secondary N) is 1. The number of hydrogen-bond acceptors (Lipinski definition) is 1. The highest BCUT2D eigenvalue weighted by atomic mass is 35.5. The van der Waals surface area contributed by atoms with Gasteiger partial charge >= 0.3 is 0 Å². The smallest absolute Gasteiger partial charge is 0.113 e. The quantitative estimate of drug-likeness (QED) is 0.800. The molecule has 0 aliphatic carbocycles. The van der Waals surface area contributed by atoms with Gasteiger partial charge < -0.3 is 5.32 Å². The average molecular weight is 218 g/mol. The van der Waals surface area contributed by atoms with Crippen LogP contribution in [0.4, 0.5) is 4.39 Å². The molecule has 1 nitrogen and oxygen atoms in total. The van der Waals surface area contributed by atoms with Crippen molar-refractivity contribution < 1.29 is 4.39 Å². The summed E-state index contributed by atoms with van der Waals surface area (Å²) in [5, 5.41) is 2.83. The highest BCUT2D eigenvalue weighted by Crippen LogP contribution is 2.06. The van der Waals surface area contributed by atoms with Gasteiger partial charge in [0, 0.05) is 6.54 Å². The Kier molecular flexibility index (Phi) is 7.44. The van der Waals surface area contributed by atoms with Crippen LogP contribution in [-0.4, -0.2) is 19.8 Å². The zero-order chi connectivity index (χ0) is 9.52. The summed E-state index contributed by atoms with van der Waals surface area (Å²) in [6.07, 6.45) is 0.694. The van der Waals surface area contributed by atoms with Crippen molar-refractivity contribution in [2.75, 3.05) is 13.6 Å². The predicted octanol–water partition coefficient (Wildman–Crippen LogP) is 2.60. The van der Waals surface area contributed by atoms with Gasteiger partial charge in [-0.1, -0.05) is 30.3 Å².